The normalized spacial score (nSPS) is 18.4. The molecule has 28 heavy (non-hydrogen) atoms. The van der Waals surface area contributed by atoms with Gasteiger partial charge < -0.3 is 5.32 Å². The van der Waals surface area contributed by atoms with Crippen molar-refractivity contribution in [2.24, 2.45) is 0 Å². The number of aromatic nitrogens is 3. The zero-order chi connectivity index (χ0) is 19.7. The molecule has 1 aromatic carbocycles. The molecule has 1 N–H and O–H groups in total. The first kappa shape index (κ1) is 19.4. The number of carbonyl (C=O) groups is 1. The van der Waals surface area contributed by atoms with E-state index < -0.39 is 10.0 Å². The maximum Gasteiger partial charge on any atom is 0.245 e. The van der Waals surface area contributed by atoms with Crippen LogP contribution in [0, 0.1) is 0 Å². The fourth-order valence-electron chi connectivity index (χ4n) is 3.30. The highest BCUT2D eigenvalue weighted by Gasteiger charge is 2.33. The first-order chi connectivity index (χ1) is 13.4. The van der Waals surface area contributed by atoms with E-state index in [0.717, 1.165) is 35.3 Å². The fraction of sp³-hybridized carbons (Fsp3) is 0.412. The first-order valence-corrected chi connectivity index (χ1v) is 11.9. The van der Waals surface area contributed by atoms with Crippen LogP contribution in [0.3, 0.4) is 0 Å². The van der Waals surface area contributed by atoms with E-state index in [1.54, 1.807) is 18.2 Å². The Hall–Kier alpha value is -1.95. The van der Waals surface area contributed by atoms with Crippen molar-refractivity contribution < 1.29 is 13.2 Å². The number of hydrogen-bond donors (Lipinski definition) is 1. The van der Waals surface area contributed by atoms with Gasteiger partial charge >= 0.3 is 0 Å². The van der Waals surface area contributed by atoms with E-state index in [1.807, 2.05) is 5.38 Å². The van der Waals surface area contributed by atoms with Crippen LogP contribution in [0.15, 0.2) is 28.5 Å². The van der Waals surface area contributed by atoms with Crippen molar-refractivity contribution in [1.82, 2.24) is 23.4 Å². The maximum absolute atomic E-state index is 13.3. The van der Waals surface area contributed by atoms with E-state index in [4.69, 9.17) is 0 Å². The van der Waals surface area contributed by atoms with Crippen molar-refractivity contribution in [3.05, 3.63) is 34.3 Å². The summed E-state index contributed by atoms with van der Waals surface area (Å²) in [4.78, 5) is 15.9. The van der Waals surface area contributed by atoms with Crippen molar-refractivity contribution in [3.8, 4) is 0 Å². The number of rotatable bonds is 5. The standard InChI is InChI=1S/C17H19N5O3S3/c1-11(23)18-8-13-10-26-17(19-13)12-4-3-7-22(9-12)28(24,25)15-6-2-5-14-16(15)21-27-20-14/h2,5-6,10,12H,3-4,7-9H2,1H3,(H,18,23)/t12-/m1/s1. The molecule has 1 aliphatic rings. The molecule has 0 spiro atoms. The molecule has 1 atom stereocenters. The molecule has 11 heteroatoms. The summed E-state index contributed by atoms with van der Waals surface area (Å²) >= 11 is 2.53. The molecule has 0 aliphatic carbocycles. The van der Waals surface area contributed by atoms with Crippen LogP contribution in [0.5, 0.6) is 0 Å². The van der Waals surface area contributed by atoms with Crippen molar-refractivity contribution >= 4 is 50.0 Å². The van der Waals surface area contributed by atoms with Crippen molar-refractivity contribution in [2.75, 3.05) is 13.1 Å². The molecule has 0 saturated carbocycles. The number of amides is 1. The monoisotopic (exact) mass is 437 g/mol. The highest BCUT2D eigenvalue weighted by Crippen LogP contribution is 2.33. The van der Waals surface area contributed by atoms with Gasteiger partial charge in [0.1, 0.15) is 15.9 Å². The predicted molar refractivity (Wildman–Crippen MR) is 108 cm³/mol. The second-order valence-corrected chi connectivity index (χ2v) is 10.0. The molecule has 148 valence electrons. The lowest BCUT2D eigenvalue weighted by atomic mass is 10.0. The lowest BCUT2D eigenvalue weighted by Crippen LogP contribution is -2.39. The van der Waals surface area contributed by atoms with E-state index in [-0.39, 0.29) is 16.7 Å². The number of nitrogens with one attached hydrogen (secondary N) is 1. The highest BCUT2D eigenvalue weighted by molar-refractivity contribution is 7.89. The third kappa shape index (κ3) is 3.79. The first-order valence-electron chi connectivity index (χ1n) is 8.85. The zero-order valence-electron chi connectivity index (χ0n) is 15.2. The Bertz CT molecular complexity index is 1110. The van der Waals surface area contributed by atoms with E-state index in [2.05, 4.69) is 19.0 Å². The Morgan fingerprint density at radius 2 is 2.21 bits per heavy atom. The largest absolute Gasteiger partial charge is 0.351 e. The van der Waals surface area contributed by atoms with E-state index in [9.17, 15) is 13.2 Å². The average molecular weight is 438 g/mol. The van der Waals surface area contributed by atoms with Gasteiger partial charge in [-0.3, -0.25) is 4.79 Å². The molecule has 1 fully saturated rings. The van der Waals surface area contributed by atoms with Crippen LogP contribution in [0.2, 0.25) is 0 Å². The Balaban J connectivity index is 1.55. The van der Waals surface area contributed by atoms with E-state index in [1.165, 1.54) is 22.6 Å². The number of fused-ring (bicyclic) bond motifs is 1. The van der Waals surface area contributed by atoms with Crippen LogP contribution in [0.25, 0.3) is 11.0 Å². The summed E-state index contributed by atoms with van der Waals surface area (Å²) in [6.07, 6.45) is 1.66. The van der Waals surface area contributed by atoms with Gasteiger partial charge in [-0.1, -0.05) is 6.07 Å². The third-order valence-corrected chi connectivity index (χ3v) is 8.18. The number of benzene rings is 1. The number of sulfonamides is 1. The van der Waals surface area contributed by atoms with Crippen molar-refractivity contribution in [2.45, 2.75) is 37.1 Å². The van der Waals surface area contributed by atoms with Crippen LogP contribution in [-0.2, 0) is 21.4 Å². The second kappa shape index (κ2) is 7.82. The molecular formula is C17H19N5O3S3. The van der Waals surface area contributed by atoms with Gasteiger partial charge in [0.2, 0.25) is 15.9 Å². The molecule has 2 aromatic heterocycles. The van der Waals surface area contributed by atoms with Crippen LogP contribution >= 0.6 is 23.1 Å². The van der Waals surface area contributed by atoms with Gasteiger partial charge in [0, 0.05) is 31.3 Å². The minimum absolute atomic E-state index is 0.0485. The summed E-state index contributed by atoms with van der Waals surface area (Å²) in [7, 11) is -3.66. The van der Waals surface area contributed by atoms with Gasteiger partial charge in [0.15, 0.2) is 0 Å². The van der Waals surface area contributed by atoms with E-state index >= 15 is 0 Å². The highest BCUT2D eigenvalue weighted by atomic mass is 32.2. The molecule has 1 saturated heterocycles. The summed E-state index contributed by atoms with van der Waals surface area (Å²) in [5.41, 5.74) is 1.83. The smallest absolute Gasteiger partial charge is 0.245 e. The van der Waals surface area contributed by atoms with Crippen LogP contribution < -0.4 is 5.32 Å². The topological polar surface area (TPSA) is 105 Å². The summed E-state index contributed by atoms with van der Waals surface area (Å²) in [5, 5.41) is 5.56. The van der Waals surface area contributed by atoms with Gasteiger partial charge in [-0.2, -0.15) is 13.1 Å². The lowest BCUT2D eigenvalue weighted by Gasteiger charge is -2.31. The van der Waals surface area contributed by atoms with Gasteiger partial charge in [-0.15, -0.1) is 11.3 Å². The zero-order valence-corrected chi connectivity index (χ0v) is 17.6. The Morgan fingerprint density at radius 1 is 1.36 bits per heavy atom. The molecule has 1 aliphatic heterocycles. The molecule has 8 nitrogen and oxygen atoms in total. The number of thiazole rings is 1. The summed E-state index contributed by atoms with van der Waals surface area (Å²) < 4.78 is 36.4. The second-order valence-electron chi connectivity index (χ2n) is 6.68. The summed E-state index contributed by atoms with van der Waals surface area (Å²) in [5.74, 6) is -0.0532. The van der Waals surface area contributed by atoms with Gasteiger partial charge in [0.05, 0.1) is 29.0 Å². The number of carbonyl (C=O) groups excluding carboxylic acids is 1. The maximum atomic E-state index is 13.3. The molecule has 0 unspecified atom stereocenters. The number of hydrogen-bond acceptors (Lipinski definition) is 8. The molecule has 3 aromatic rings. The fourth-order valence-corrected chi connectivity index (χ4v) is 6.52. The van der Waals surface area contributed by atoms with E-state index in [0.29, 0.717) is 30.7 Å². The van der Waals surface area contributed by atoms with Crippen molar-refractivity contribution in [3.63, 3.8) is 0 Å². The quantitative estimate of drug-likeness (QED) is 0.657. The molecular weight excluding hydrogens is 418 g/mol. The predicted octanol–water partition coefficient (Wildman–Crippen LogP) is 2.35. The van der Waals surface area contributed by atoms with Crippen LogP contribution in [0.4, 0.5) is 0 Å². The molecule has 4 rings (SSSR count). The number of piperidine rings is 1. The SMILES string of the molecule is CC(=O)NCc1csc([C@@H]2CCCN(S(=O)(=O)c3cccc4nsnc34)C2)n1. The minimum Gasteiger partial charge on any atom is -0.351 e. The lowest BCUT2D eigenvalue weighted by molar-refractivity contribution is -0.119. The van der Waals surface area contributed by atoms with Crippen LogP contribution in [0.1, 0.15) is 36.4 Å². The molecule has 1 amide bonds. The minimum atomic E-state index is -3.66. The van der Waals surface area contributed by atoms with Gasteiger partial charge in [0.25, 0.3) is 0 Å². The average Bonchev–Trinajstić information content (AvgIpc) is 3.35. The third-order valence-electron chi connectivity index (χ3n) is 4.69. The van der Waals surface area contributed by atoms with Gasteiger partial charge in [-0.25, -0.2) is 13.4 Å². The summed E-state index contributed by atoms with van der Waals surface area (Å²) in [6, 6.07) is 5.06. The Morgan fingerprint density at radius 3 is 3.04 bits per heavy atom. The summed E-state index contributed by atoms with van der Waals surface area (Å²) in [6.45, 7) is 2.73. The number of nitrogens with zero attached hydrogens (tertiary/aromatic N) is 4. The van der Waals surface area contributed by atoms with Crippen LogP contribution in [-0.4, -0.2) is 45.5 Å². The Labute approximate surface area is 171 Å². The molecule has 0 bridgehead atoms. The molecule has 3 heterocycles. The molecule has 0 radical (unpaired) electrons. The Kier molecular flexibility index (Phi) is 5.41. The van der Waals surface area contributed by atoms with Crippen molar-refractivity contribution in [1.29, 1.82) is 0 Å². The van der Waals surface area contributed by atoms with Gasteiger partial charge in [-0.05, 0) is 25.0 Å².